The summed E-state index contributed by atoms with van der Waals surface area (Å²) in [6, 6.07) is 26.9. The van der Waals surface area contributed by atoms with Gasteiger partial charge in [-0.2, -0.15) is 11.8 Å². The second-order valence-corrected chi connectivity index (χ2v) is 9.58. The number of rotatable bonds is 12. The quantitative estimate of drug-likeness (QED) is 0.327. The minimum atomic E-state index is -0.593. The van der Waals surface area contributed by atoms with E-state index in [1.165, 1.54) is 5.56 Å². The Morgan fingerprint density at radius 3 is 2.12 bits per heavy atom. The van der Waals surface area contributed by atoms with Crippen molar-refractivity contribution in [1.29, 1.82) is 0 Å². The molecular weight excluding hydrogens is 464 g/mol. The van der Waals surface area contributed by atoms with Crippen LogP contribution in [0.5, 0.6) is 0 Å². The standard InChI is InChI=1S/C28H31ClN2O2S/c1-2-30-28(33)26(19-22-9-5-3-6-10-22)31(20-23-13-15-25(29)16-14-23)27(32)17-18-34-21-24-11-7-4-8-12-24/h3-16,26H,2,17-21H2,1H3,(H,30,33)/t26-/m0/s1. The van der Waals surface area contributed by atoms with Crippen molar-refractivity contribution in [3.63, 3.8) is 0 Å². The van der Waals surface area contributed by atoms with E-state index in [0.29, 0.717) is 36.7 Å². The third kappa shape index (κ3) is 8.23. The Labute approximate surface area is 211 Å². The van der Waals surface area contributed by atoms with Crippen LogP contribution in [-0.2, 0) is 28.3 Å². The number of benzene rings is 3. The van der Waals surface area contributed by atoms with Crippen molar-refractivity contribution in [3.8, 4) is 0 Å². The average Bonchev–Trinajstić information content (AvgIpc) is 2.86. The van der Waals surface area contributed by atoms with Gasteiger partial charge in [-0.3, -0.25) is 9.59 Å². The molecule has 0 radical (unpaired) electrons. The molecule has 1 atom stereocenters. The first-order chi connectivity index (χ1) is 16.6. The fourth-order valence-corrected chi connectivity index (χ4v) is 4.72. The number of hydrogen-bond acceptors (Lipinski definition) is 3. The number of carbonyl (C=O) groups is 2. The van der Waals surface area contributed by atoms with E-state index in [9.17, 15) is 9.59 Å². The molecule has 0 aliphatic rings. The van der Waals surface area contributed by atoms with E-state index >= 15 is 0 Å². The SMILES string of the molecule is CCNC(=O)[C@H](Cc1ccccc1)N(Cc1ccc(Cl)cc1)C(=O)CCSCc1ccccc1. The molecule has 6 heteroatoms. The third-order valence-electron chi connectivity index (χ3n) is 5.46. The number of likely N-dealkylation sites (N-methyl/N-ethyl adjacent to an activating group) is 1. The molecule has 3 aromatic rings. The summed E-state index contributed by atoms with van der Waals surface area (Å²) in [6.07, 6.45) is 0.832. The summed E-state index contributed by atoms with van der Waals surface area (Å²) in [5, 5.41) is 3.57. The van der Waals surface area contributed by atoms with Gasteiger partial charge in [0.05, 0.1) is 0 Å². The van der Waals surface area contributed by atoms with Crippen molar-refractivity contribution in [3.05, 3.63) is 107 Å². The maximum Gasteiger partial charge on any atom is 0.243 e. The molecule has 178 valence electrons. The number of halogens is 1. The zero-order valence-electron chi connectivity index (χ0n) is 19.5. The Kier molecular flexibility index (Phi) is 10.5. The smallest absolute Gasteiger partial charge is 0.243 e. The predicted octanol–water partition coefficient (Wildman–Crippen LogP) is 5.74. The summed E-state index contributed by atoms with van der Waals surface area (Å²) in [7, 11) is 0. The molecule has 0 spiro atoms. The van der Waals surface area contributed by atoms with Crippen molar-refractivity contribution in [1.82, 2.24) is 10.2 Å². The molecule has 0 saturated carbocycles. The monoisotopic (exact) mass is 494 g/mol. The lowest BCUT2D eigenvalue weighted by Crippen LogP contribution is -2.50. The van der Waals surface area contributed by atoms with Gasteiger partial charge in [0, 0.05) is 42.5 Å². The summed E-state index contributed by atoms with van der Waals surface area (Å²) < 4.78 is 0. The minimum Gasteiger partial charge on any atom is -0.355 e. The summed E-state index contributed by atoms with van der Waals surface area (Å²) in [5.74, 6) is 1.39. The van der Waals surface area contributed by atoms with Crippen LogP contribution < -0.4 is 5.32 Å². The van der Waals surface area contributed by atoms with E-state index in [1.54, 1.807) is 16.7 Å². The van der Waals surface area contributed by atoms with Gasteiger partial charge in [0.15, 0.2) is 0 Å². The molecule has 3 aromatic carbocycles. The molecule has 2 amide bonds. The topological polar surface area (TPSA) is 49.4 Å². The van der Waals surface area contributed by atoms with Crippen LogP contribution in [-0.4, -0.2) is 35.1 Å². The highest BCUT2D eigenvalue weighted by Gasteiger charge is 2.29. The Balaban J connectivity index is 1.76. The predicted molar refractivity (Wildman–Crippen MR) is 142 cm³/mol. The molecule has 0 aliphatic carbocycles. The molecule has 0 saturated heterocycles. The Bertz CT molecular complexity index is 1030. The number of nitrogens with zero attached hydrogens (tertiary/aromatic N) is 1. The lowest BCUT2D eigenvalue weighted by molar-refractivity contribution is -0.140. The highest BCUT2D eigenvalue weighted by Crippen LogP contribution is 2.19. The van der Waals surface area contributed by atoms with Crippen LogP contribution in [0.3, 0.4) is 0 Å². The van der Waals surface area contributed by atoms with Crippen LogP contribution >= 0.6 is 23.4 Å². The van der Waals surface area contributed by atoms with E-state index in [-0.39, 0.29) is 11.8 Å². The zero-order chi connectivity index (χ0) is 24.2. The summed E-state index contributed by atoms with van der Waals surface area (Å²) in [6.45, 7) is 2.76. The Morgan fingerprint density at radius 1 is 0.882 bits per heavy atom. The summed E-state index contributed by atoms with van der Waals surface area (Å²) >= 11 is 7.79. The third-order valence-corrected chi connectivity index (χ3v) is 6.74. The van der Waals surface area contributed by atoms with Gasteiger partial charge in [-0.1, -0.05) is 84.4 Å². The van der Waals surface area contributed by atoms with Gasteiger partial charge in [0.1, 0.15) is 6.04 Å². The zero-order valence-corrected chi connectivity index (χ0v) is 21.0. The number of carbonyl (C=O) groups excluding carboxylic acids is 2. The van der Waals surface area contributed by atoms with Crippen LogP contribution in [0.25, 0.3) is 0 Å². The molecule has 0 unspecified atom stereocenters. The normalized spacial score (nSPS) is 11.6. The maximum absolute atomic E-state index is 13.5. The molecule has 0 aromatic heterocycles. The highest BCUT2D eigenvalue weighted by atomic mass is 35.5. The van der Waals surface area contributed by atoms with E-state index in [1.807, 2.05) is 79.7 Å². The highest BCUT2D eigenvalue weighted by molar-refractivity contribution is 7.98. The number of amides is 2. The Hall–Kier alpha value is -2.76. The lowest BCUT2D eigenvalue weighted by Gasteiger charge is -2.31. The fourth-order valence-electron chi connectivity index (χ4n) is 3.70. The van der Waals surface area contributed by atoms with Crippen molar-refractivity contribution >= 4 is 35.2 Å². The van der Waals surface area contributed by atoms with Gasteiger partial charge in [0.25, 0.3) is 0 Å². The molecule has 0 aliphatic heterocycles. The van der Waals surface area contributed by atoms with Gasteiger partial charge in [-0.25, -0.2) is 0 Å². The molecule has 3 rings (SSSR count). The summed E-state index contributed by atoms with van der Waals surface area (Å²) in [5.41, 5.74) is 3.20. The Morgan fingerprint density at radius 2 is 1.50 bits per heavy atom. The van der Waals surface area contributed by atoms with Crippen molar-refractivity contribution in [2.45, 2.75) is 38.1 Å². The lowest BCUT2D eigenvalue weighted by atomic mass is 10.0. The van der Waals surface area contributed by atoms with Gasteiger partial charge in [-0.05, 0) is 35.7 Å². The molecule has 0 fully saturated rings. The number of hydrogen-bond donors (Lipinski definition) is 1. The fraction of sp³-hybridized carbons (Fsp3) is 0.286. The van der Waals surface area contributed by atoms with Crippen LogP contribution in [0.2, 0.25) is 5.02 Å². The first-order valence-electron chi connectivity index (χ1n) is 11.5. The van der Waals surface area contributed by atoms with Gasteiger partial charge < -0.3 is 10.2 Å². The molecule has 1 N–H and O–H groups in total. The molecular formula is C28H31ClN2O2S. The van der Waals surface area contributed by atoms with Crippen LogP contribution in [0.1, 0.15) is 30.0 Å². The van der Waals surface area contributed by atoms with Crippen LogP contribution in [0, 0.1) is 0 Å². The van der Waals surface area contributed by atoms with Crippen LogP contribution in [0.4, 0.5) is 0 Å². The van der Waals surface area contributed by atoms with Gasteiger partial charge in [0.2, 0.25) is 11.8 Å². The molecule has 0 bridgehead atoms. The second kappa shape index (κ2) is 13.8. The minimum absolute atomic E-state index is 0.0253. The van der Waals surface area contributed by atoms with Crippen LogP contribution in [0.15, 0.2) is 84.9 Å². The van der Waals surface area contributed by atoms with E-state index < -0.39 is 6.04 Å². The van der Waals surface area contributed by atoms with Gasteiger partial charge in [-0.15, -0.1) is 0 Å². The van der Waals surface area contributed by atoms with Crippen molar-refractivity contribution in [2.75, 3.05) is 12.3 Å². The molecule has 4 nitrogen and oxygen atoms in total. The van der Waals surface area contributed by atoms with E-state index in [0.717, 1.165) is 16.9 Å². The maximum atomic E-state index is 13.5. The van der Waals surface area contributed by atoms with Crippen molar-refractivity contribution < 1.29 is 9.59 Å². The number of thioether (sulfide) groups is 1. The molecule has 34 heavy (non-hydrogen) atoms. The first-order valence-corrected chi connectivity index (χ1v) is 13.1. The number of nitrogens with one attached hydrogen (secondary N) is 1. The largest absolute Gasteiger partial charge is 0.355 e. The second-order valence-electron chi connectivity index (χ2n) is 8.04. The first kappa shape index (κ1) is 25.9. The van der Waals surface area contributed by atoms with E-state index in [4.69, 9.17) is 11.6 Å². The van der Waals surface area contributed by atoms with Gasteiger partial charge >= 0.3 is 0 Å². The van der Waals surface area contributed by atoms with E-state index in [2.05, 4.69) is 17.4 Å². The van der Waals surface area contributed by atoms with Crippen molar-refractivity contribution in [2.24, 2.45) is 0 Å². The summed E-state index contributed by atoms with van der Waals surface area (Å²) in [4.78, 5) is 28.3. The molecule has 0 heterocycles. The average molecular weight is 495 g/mol.